The molecule has 1 aliphatic carbocycles. The van der Waals surface area contributed by atoms with Gasteiger partial charge in [-0.25, -0.2) is 0 Å². The molecule has 2 aromatic carbocycles. The minimum absolute atomic E-state index is 0.0155. The zero-order valence-electron chi connectivity index (χ0n) is 23.3. The van der Waals surface area contributed by atoms with E-state index in [1.54, 1.807) is 14.2 Å². The number of allylic oxidation sites excluding steroid dienone is 2. The van der Waals surface area contributed by atoms with Crippen molar-refractivity contribution in [1.82, 2.24) is 0 Å². The number of ether oxygens (including phenoxy) is 5. The molecule has 0 bridgehead atoms. The molecule has 3 atom stereocenters. The van der Waals surface area contributed by atoms with Crippen molar-refractivity contribution in [1.29, 1.82) is 0 Å². The summed E-state index contributed by atoms with van der Waals surface area (Å²) in [6.45, 7) is 7.21. The van der Waals surface area contributed by atoms with Crippen LogP contribution in [0.4, 0.5) is 0 Å². The van der Waals surface area contributed by atoms with Crippen molar-refractivity contribution >= 4 is 17.5 Å². The van der Waals surface area contributed by atoms with Gasteiger partial charge in [-0.1, -0.05) is 18.2 Å². The highest BCUT2D eigenvalue weighted by atomic mass is 16.6. The summed E-state index contributed by atoms with van der Waals surface area (Å²) in [7, 11) is 3.19. The lowest BCUT2D eigenvalue weighted by molar-refractivity contribution is -0.148. The number of rotatable bonds is 11. The summed E-state index contributed by atoms with van der Waals surface area (Å²) in [6.07, 6.45) is 0.885. The first-order valence-electron chi connectivity index (χ1n) is 13.4. The quantitative estimate of drug-likeness (QED) is 0.286. The number of Topliss-reactive ketones (excluding diaryl/α,β-unsaturated/α-hetero) is 1. The first kappa shape index (κ1) is 28.4. The molecule has 1 unspecified atom stereocenters. The molecule has 2 aliphatic rings. The van der Waals surface area contributed by atoms with Gasteiger partial charge in [0.15, 0.2) is 17.3 Å². The van der Waals surface area contributed by atoms with Gasteiger partial charge >= 0.3 is 5.97 Å². The van der Waals surface area contributed by atoms with Crippen LogP contribution < -0.4 is 14.2 Å². The van der Waals surface area contributed by atoms with E-state index in [1.807, 2.05) is 63.2 Å². The molecular weight excluding hydrogens is 498 g/mol. The molecule has 0 radical (unpaired) electrons. The lowest BCUT2D eigenvalue weighted by Gasteiger charge is -2.36. The zero-order chi connectivity index (χ0) is 27.9. The minimum atomic E-state index is -0.704. The third kappa shape index (κ3) is 6.17. The summed E-state index contributed by atoms with van der Waals surface area (Å²) < 4.78 is 27.4. The summed E-state index contributed by atoms with van der Waals surface area (Å²) in [5, 5.41) is 0. The van der Waals surface area contributed by atoms with Crippen molar-refractivity contribution in [2.24, 2.45) is 10.9 Å². The van der Waals surface area contributed by atoms with Gasteiger partial charge in [-0.15, -0.1) is 0 Å². The fourth-order valence-electron chi connectivity index (χ4n) is 5.44. The zero-order valence-corrected chi connectivity index (χ0v) is 23.3. The summed E-state index contributed by atoms with van der Waals surface area (Å²) in [5.74, 6) is 0.300. The first-order valence-corrected chi connectivity index (χ1v) is 13.4. The van der Waals surface area contributed by atoms with Gasteiger partial charge < -0.3 is 23.7 Å². The number of esters is 1. The summed E-state index contributed by atoms with van der Waals surface area (Å²) in [5.41, 5.74) is 3.78. The van der Waals surface area contributed by atoms with Gasteiger partial charge in [0.25, 0.3) is 0 Å². The normalized spacial score (nSPS) is 20.7. The number of hydrogen-bond acceptors (Lipinski definition) is 8. The van der Waals surface area contributed by atoms with Crippen molar-refractivity contribution in [3.63, 3.8) is 0 Å². The maximum Gasteiger partial charge on any atom is 0.315 e. The first-order chi connectivity index (χ1) is 18.9. The molecule has 0 saturated carbocycles. The third-order valence-corrected chi connectivity index (χ3v) is 7.25. The van der Waals surface area contributed by atoms with Gasteiger partial charge in [-0.05, 0) is 68.5 Å². The second-order valence-electron chi connectivity index (χ2n) is 9.58. The van der Waals surface area contributed by atoms with E-state index < -0.39 is 17.8 Å². The Balaban J connectivity index is 1.71. The van der Waals surface area contributed by atoms with E-state index in [9.17, 15) is 9.59 Å². The number of ketones is 1. The molecule has 8 heteroatoms. The lowest BCUT2D eigenvalue weighted by atomic mass is 9.69. The molecule has 0 N–H and O–H groups in total. The molecule has 39 heavy (non-hydrogen) atoms. The van der Waals surface area contributed by atoms with Crippen molar-refractivity contribution in [2.75, 3.05) is 40.6 Å². The van der Waals surface area contributed by atoms with E-state index in [-0.39, 0.29) is 18.3 Å². The second kappa shape index (κ2) is 12.9. The lowest BCUT2D eigenvalue weighted by Crippen LogP contribution is -2.38. The van der Waals surface area contributed by atoms with Crippen LogP contribution in [0.5, 0.6) is 17.2 Å². The Morgan fingerprint density at radius 2 is 1.64 bits per heavy atom. The predicted octanol–water partition coefficient (Wildman–Crippen LogP) is 5.26. The molecule has 1 heterocycles. The number of nitrogens with zero attached hydrogens (tertiary/aromatic N) is 1. The second-order valence-corrected chi connectivity index (χ2v) is 9.58. The molecule has 1 aliphatic heterocycles. The smallest absolute Gasteiger partial charge is 0.315 e. The fraction of sp³-hybridized carbons (Fsp3) is 0.452. The number of methoxy groups -OCH3 is 2. The third-order valence-electron chi connectivity index (χ3n) is 7.25. The molecule has 0 saturated heterocycles. The summed E-state index contributed by atoms with van der Waals surface area (Å²) in [6, 6.07) is 13.3. The number of benzene rings is 2. The number of aliphatic imine (C=N–C) groups is 1. The van der Waals surface area contributed by atoms with Gasteiger partial charge in [0.1, 0.15) is 18.3 Å². The van der Waals surface area contributed by atoms with Crippen molar-refractivity contribution in [2.45, 2.75) is 45.4 Å². The standard InChI is InChI=1S/C31H37NO7/c1-6-37-14-15-39-31(34)28-19(3)32-24-16-22(21-10-13-26(35-4)27(18-21)36-5)17-25(33)30(24)29(28)20-8-11-23(12-9-20)38-7-2/h8-13,18,22,28-29H,6-7,14-17H2,1-5H3/t22-,28?,29+/m0/s1. The Kier molecular flexibility index (Phi) is 9.41. The van der Waals surface area contributed by atoms with Crippen molar-refractivity contribution in [3.05, 3.63) is 64.9 Å². The van der Waals surface area contributed by atoms with Gasteiger partial charge in [0.2, 0.25) is 0 Å². The highest BCUT2D eigenvalue weighted by molar-refractivity contribution is 6.09. The molecule has 8 nitrogen and oxygen atoms in total. The average molecular weight is 536 g/mol. The summed E-state index contributed by atoms with van der Waals surface area (Å²) >= 11 is 0. The highest BCUT2D eigenvalue weighted by Crippen LogP contribution is 2.47. The summed E-state index contributed by atoms with van der Waals surface area (Å²) in [4.78, 5) is 32.1. The molecule has 2 aromatic rings. The number of carbonyl (C=O) groups excluding carboxylic acids is 2. The van der Waals surface area contributed by atoms with Crippen molar-refractivity contribution < 1.29 is 33.3 Å². The molecule has 0 spiro atoms. The van der Waals surface area contributed by atoms with Crippen LogP contribution in [-0.4, -0.2) is 58.1 Å². The molecule has 0 aromatic heterocycles. The van der Waals surface area contributed by atoms with Crippen LogP contribution in [0.25, 0.3) is 0 Å². The van der Waals surface area contributed by atoms with E-state index in [4.69, 9.17) is 28.7 Å². The van der Waals surface area contributed by atoms with Crippen LogP contribution in [-0.2, 0) is 19.1 Å². The topological polar surface area (TPSA) is 92.7 Å². The van der Waals surface area contributed by atoms with Crippen LogP contribution >= 0.6 is 0 Å². The van der Waals surface area contributed by atoms with Gasteiger partial charge in [-0.2, -0.15) is 0 Å². The maximum atomic E-state index is 13.8. The maximum absolute atomic E-state index is 13.8. The van der Waals surface area contributed by atoms with Gasteiger partial charge in [0, 0.05) is 35.9 Å². The van der Waals surface area contributed by atoms with E-state index >= 15 is 0 Å². The van der Waals surface area contributed by atoms with E-state index in [2.05, 4.69) is 0 Å². The van der Waals surface area contributed by atoms with Gasteiger partial charge in [0.05, 0.1) is 27.4 Å². The Labute approximate surface area is 230 Å². The Morgan fingerprint density at radius 1 is 0.923 bits per heavy atom. The molecule has 4 rings (SSSR count). The Morgan fingerprint density at radius 3 is 2.31 bits per heavy atom. The average Bonchev–Trinajstić information content (AvgIpc) is 2.94. The van der Waals surface area contributed by atoms with E-state index in [1.165, 1.54) is 0 Å². The predicted molar refractivity (Wildman–Crippen MR) is 148 cm³/mol. The SMILES string of the molecule is CCOCCOC(=O)C1C(C)=NC2=C(C(=O)C[C@@H](c3ccc(OC)c(OC)c3)C2)[C@@H]1c1ccc(OCC)cc1. The van der Waals surface area contributed by atoms with Gasteiger partial charge in [-0.3, -0.25) is 14.6 Å². The van der Waals surface area contributed by atoms with Crippen LogP contribution in [0.15, 0.2) is 58.7 Å². The number of hydrogen-bond donors (Lipinski definition) is 0. The van der Waals surface area contributed by atoms with Crippen LogP contribution in [0.1, 0.15) is 56.6 Å². The van der Waals surface area contributed by atoms with E-state index in [0.717, 1.165) is 22.6 Å². The van der Waals surface area contributed by atoms with Crippen molar-refractivity contribution in [3.8, 4) is 17.2 Å². The molecule has 0 fully saturated rings. The largest absolute Gasteiger partial charge is 0.494 e. The van der Waals surface area contributed by atoms with Crippen LogP contribution in [0.2, 0.25) is 0 Å². The number of carbonyl (C=O) groups is 2. The minimum Gasteiger partial charge on any atom is -0.494 e. The monoisotopic (exact) mass is 535 g/mol. The molecular formula is C31H37NO7. The molecule has 208 valence electrons. The highest BCUT2D eigenvalue weighted by Gasteiger charge is 2.44. The van der Waals surface area contributed by atoms with Crippen LogP contribution in [0, 0.1) is 5.92 Å². The molecule has 0 amide bonds. The Hall–Kier alpha value is -3.65. The Bertz CT molecular complexity index is 1250. The van der Waals surface area contributed by atoms with E-state index in [0.29, 0.717) is 55.4 Å². The fourth-order valence-corrected chi connectivity index (χ4v) is 5.44. The van der Waals surface area contributed by atoms with Crippen LogP contribution in [0.3, 0.4) is 0 Å².